The standard InChI is InChI=1S/C19H19ClFNO4/c1-2-3-8-25-18(24)15-14-6-7-19(26-14)10-22(17(23)16(15)19)11-4-5-12(20)13(21)9-11/h4-7,9,14-16H,2-3,8,10H2,1H3/t14-,15+,16+,19+/m1/s1. The lowest BCUT2D eigenvalue weighted by molar-refractivity contribution is -0.152. The smallest absolute Gasteiger partial charge is 0.312 e. The summed E-state index contributed by atoms with van der Waals surface area (Å²) in [5.41, 5.74) is -0.453. The lowest BCUT2D eigenvalue weighted by Gasteiger charge is -2.22. The Hall–Kier alpha value is -1.92. The lowest BCUT2D eigenvalue weighted by atomic mass is 9.77. The van der Waals surface area contributed by atoms with Crippen LogP contribution in [0.15, 0.2) is 30.4 Å². The van der Waals surface area contributed by atoms with Gasteiger partial charge in [-0.3, -0.25) is 9.59 Å². The third-order valence-corrected chi connectivity index (χ3v) is 5.64. The molecule has 3 aliphatic rings. The molecule has 7 heteroatoms. The molecular formula is C19H19ClFNO4. The number of hydrogen-bond acceptors (Lipinski definition) is 4. The van der Waals surface area contributed by atoms with Crippen LogP contribution >= 0.6 is 11.6 Å². The first-order chi connectivity index (χ1) is 12.5. The van der Waals surface area contributed by atoms with Crippen LogP contribution in [0.25, 0.3) is 0 Å². The van der Waals surface area contributed by atoms with Gasteiger partial charge in [-0.1, -0.05) is 37.1 Å². The van der Waals surface area contributed by atoms with Crippen molar-refractivity contribution >= 4 is 29.2 Å². The number of benzene rings is 1. The molecule has 3 heterocycles. The number of unbranched alkanes of at least 4 members (excludes halogenated alkanes) is 1. The number of carbonyl (C=O) groups excluding carboxylic acids is 2. The van der Waals surface area contributed by atoms with E-state index in [1.807, 2.05) is 19.1 Å². The van der Waals surface area contributed by atoms with Gasteiger partial charge in [0.05, 0.1) is 30.2 Å². The molecule has 1 aromatic carbocycles. The van der Waals surface area contributed by atoms with E-state index < -0.39 is 35.3 Å². The first-order valence-electron chi connectivity index (χ1n) is 8.77. The summed E-state index contributed by atoms with van der Waals surface area (Å²) >= 11 is 5.73. The summed E-state index contributed by atoms with van der Waals surface area (Å²) in [7, 11) is 0. The molecule has 0 radical (unpaired) electrons. The molecule has 4 rings (SSSR count). The summed E-state index contributed by atoms with van der Waals surface area (Å²) in [4.78, 5) is 27.1. The van der Waals surface area contributed by atoms with Crippen molar-refractivity contribution < 1.29 is 23.5 Å². The van der Waals surface area contributed by atoms with E-state index in [9.17, 15) is 14.0 Å². The predicted octanol–water partition coefficient (Wildman–Crippen LogP) is 3.11. The first-order valence-corrected chi connectivity index (χ1v) is 9.15. The van der Waals surface area contributed by atoms with E-state index in [1.54, 1.807) is 6.07 Å². The molecule has 0 aliphatic carbocycles. The van der Waals surface area contributed by atoms with Crippen LogP contribution in [0.2, 0.25) is 5.02 Å². The minimum atomic E-state index is -0.855. The molecule has 4 atom stereocenters. The Kier molecular flexibility index (Phi) is 4.28. The van der Waals surface area contributed by atoms with Gasteiger partial charge < -0.3 is 14.4 Å². The summed E-state index contributed by atoms with van der Waals surface area (Å²) in [6, 6.07) is 4.23. The molecule has 1 spiro atoms. The van der Waals surface area contributed by atoms with Crippen LogP contribution in [0.5, 0.6) is 0 Å². The third-order valence-electron chi connectivity index (χ3n) is 5.33. The fraction of sp³-hybridized carbons (Fsp3) is 0.474. The van der Waals surface area contributed by atoms with Crippen LogP contribution < -0.4 is 4.90 Å². The van der Waals surface area contributed by atoms with Crippen molar-refractivity contribution in [3.8, 4) is 0 Å². The third kappa shape index (κ3) is 2.55. The number of anilines is 1. The van der Waals surface area contributed by atoms with Crippen LogP contribution in [0, 0.1) is 17.7 Å². The van der Waals surface area contributed by atoms with Gasteiger partial charge in [0.15, 0.2) is 0 Å². The zero-order chi connectivity index (χ0) is 18.5. The zero-order valence-corrected chi connectivity index (χ0v) is 15.0. The monoisotopic (exact) mass is 379 g/mol. The maximum Gasteiger partial charge on any atom is 0.312 e. The van der Waals surface area contributed by atoms with Crippen LogP contribution in [0.4, 0.5) is 10.1 Å². The van der Waals surface area contributed by atoms with E-state index in [1.165, 1.54) is 17.0 Å². The molecule has 2 fully saturated rings. The van der Waals surface area contributed by atoms with Crippen LogP contribution in [0.3, 0.4) is 0 Å². The Morgan fingerprint density at radius 1 is 1.50 bits per heavy atom. The zero-order valence-electron chi connectivity index (χ0n) is 14.3. The second-order valence-electron chi connectivity index (χ2n) is 6.94. The van der Waals surface area contributed by atoms with Crippen LogP contribution in [0.1, 0.15) is 19.8 Å². The van der Waals surface area contributed by atoms with Crippen LogP contribution in [-0.4, -0.2) is 36.7 Å². The SMILES string of the molecule is CCCCOC(=O)[C@@H]1[C@H]2C(=O)N(c3ccc(Cl)c(F)c3)C[C@@]23C=C[C@H]1O3. The fourth-order valence-electron chi connectivity index (χ4n) is 4.05. The number of nitrogens with zero attached hydrogens (tertiary/aromatic N) is 1. The van der Waals surface area contributed by atoms with E-state index >= 15 is 0 Å². The fourth-order valence-corrected chi connectivity index (χ4v) is 4.17. The summed E-state index contributed by atoms with van der Waals surface area (Å²) in [5, 5.41) is -0.00629. The van der Waals surface area contributed by atoms with Gasteiger partial charge in [-0.05, 0) is 24.6 Å². The molecule has 26 heavy (non-hydrogen) atoms. The van der Waals surface area contributed by atoms with Gasteiger partial charge >= 0.3 is 5.97 Å². The molecule has 0 unspecified atom stereocenters. The Labute approximate surface area is 155 Å². The number of rotatable bonds is 5. The maximum atomic E-state index is 13.8. The molecule has 1 amide bonds. The number of hydrogen-bond donors (Lipinski definition) is 0. The molecule has 2 bridgehead atoms. The van der Waals surface area contributed by atoms with Gasteiger partial charge in [0.25, 0.3) is 0 Å². The second-order valence-corrected chi connectivity index (χ2v) is 7.35. The molecular weight excluding hydrogens is 361 g/mol. The van der Waals surface area contributed by atoms with Crippen molar-refractivity contribution in [1.82, 2.24) is 0 Å². The summed E-state index contributed by atoms with van der Waals surface area (Å²) in [6.07, 6.45) is 4.92. The number of carbonyl (C=O) groups is 2. The number of amides is 1. The van der Waals surface area contributed by atoms with E-state index in [0.717, 1.165) is 12.8 Å². The normalized spacial score (nSPS) is 31.6. The molecule has 0 saturated carbocycles. The Bertz CT molecular complexity index is 798. The second kappa shape index (κ2) is 6.35. The topological polar surface area (TPSA) is 55.8 Å². The van der Waals surface area contributed by atoms with Crippen molar-refractivity contribution in [2.45, 2.75) is 31.5 Å². The van der Waals surface area contributed by atoms with Gasteiger partial charge in [0, 0.05) is 5.69 Å². The van der Waals surface area contributed by atoms with Crippen molar-refractivity contribution in [2.24, 2.45) is 11.8 Å². The average molecular weight is 380 g/mol. The highest BCUT2D eigenvalue weighted by Crippen LogP contribution is 2.53. The first kappa shape index (κ1) is 17.5. The maximum absolute atomic E-state index is 13.8. The number of ether oxygens (including phenoxy) is 2. The summed E-state index contributed by atoms with van der Waals surface area (Å²) in [5.74, 6) is -2.56. The molecule has 5 nitrogen and oxygen atoms in total. The van der Waals surface area contributed by atoms with Crippen molar-refractivity contribution in [3.63, 3.8) is 0 Å². The minimum Gasteiger partial charge on any atom is -0.465 e. The van der Waals surface area contributed by atoms with Crippen molar-refractivity contribution in [3.05, 3.63) is 41.2 Å². The minimum absolute atomic E-state index is 0.00629. The molecule has 0 aromatic heterocycles. The number of fused-ring (bicyclic) bond motifs is 1. The molecule has 2 saturated heterocycles. The quantitative estimate of drug-likeness (QED) is 0.448. The van der Waals surface area contributed by atoms with E-state index in [2.05, 4.69) is 0 Å². The van der Waals surface area contributed by atoms with E-state index in [4.69, 9.17) is 21.1 Å². The summed E-state index contributed by atoms with van der Waals surface area (Å²) in [6.45, 7) is 2.58. The van der Waals surface area contributed by atoms with Gasteiger partial charge in [0.1, 0.15) is 17.3 Å². The Balaban J connectivity index is 1.60. The highest BCUT2D eigenvalue weighted by molar-refractivity contribution is 6.30. The van der Waals surface area contributed by atoms with Gasteiger partial charge in [-0.2, -0.15) is 0 Å². The summed E-state index contributed by atoms with van der Waals surface area (Å²) < 4.78 is 25.2. The lowest BCUT2D eigenvalue weighted by Crippen LogP contribution is -2.40. The molecule has 138 valence electrons. The largest absolute Gasteiger partial charge is 0.465 e. The van der Waals surface area contributed by atoms with Gasteiger partial charge in [0.2, 0.25) is 5.91 Å². The number of halogens is 2. The van der Waals surface area contributed by atoms with Gasteiger partial charge in [-0.25, -0.2) is 4.39 Å². The molecule has 0 N–H and O–H groups in total. The highest BCUT2D eigenvalue weighted by atomic mass is 35.5. The van der Waals surface area contributed by atoms with Crippen molar-refractivity contribution in [2.75, 3.05) is 18.1 Å². The van der Waals surface area contributed by atoms with Gasteiger partial charge in [-0.15, -0.1) is 0 Å². The number of esters is 1. The van der Waals surface area contributed by atoms with E-state index in [0.29, 0.717) is 12.3 Å². The Morgan fingerprint density at radius 3 is 3.04 bits per heavy atom. The Morgan fingerprint density at radius 2 is 2.31 bits per heavy atom. The van der Waals surface area contributed by atoms with Crippen molar-refractivity contribution in [1.29, 1.82) is 0 Å². The highest BCUT2D eigenvalue weighted by Gasteiger charge is 2.67. The predicted molar refractivity (Wildman–Crippen MR) is 93.4 cm³/mol. The van der Waals surface area contributed by atoms with Crippen LogP contribution in [-0.2, 0) is 19.1 Å². The average Bonchev–Trinajstić information content (AvgIpc) is 3.26. The van der Waals surface area contributed by atoms with E-state index in [-0.39, 0.29) is 17.5 Å². The molecule has 3 aliphatic heterocycles. The molecule has 1 aromatic rings.